The number of carbonyl (C=O) groups is 1. The maximum atomic E-state index is 11.7. The quantitative estimate of drug-likeness (QED) is 0.878. The van der Waals surface area contributed by atoms with Crippen molar-refractivity contribution in [2.75, 3.05) is 7.05 Å². The van der Waals surface area contributed by atoms with Gasteiger partial charge in [0.05, 0.1) is 6.54 Å². The minimum atomic E-state index is -3.39. The van der Waals surface area contributed by atoms with Crippen LogP contribution in [0, 0.1) is 5.41 Å². The fraction of sp³-hybridized carbons (Fsp3) is 0.545. The van der Waals surface area contributed by atoms with E-state index in [-0.39, 0.29) is 10.1 Å². The third-order valence-corrected chi connectivity index (χ3v) is 5.27. The second-order valence-corrected chi connectivity index (χ2v) is 8.14. The highest BCUT2D eigenvalue weighted by molar-refractivity contribution is 7.91. The molecule has 1 amide bonds. The Morgan fingerprint density at radius 1 is 1.33 bits per heavy atom. The van der Waals surface area contributed by atoms with Gasteiger partial charge in [-0.15, -0.1) is 11.3 Å². The van der Waals surface area contributed by atoms with Crippen molar-refractivity contribution in [1.29, 1.82) is 0 Å². The monoisotopic (exact) mass is 290 g/mol. The van der Waals surface area contributed by atoms with Gasteiger partial charge in [0.1, 0.15) is 4.21 Å². The normalized spacial score (nSPS) is 12.4. The van der Waals surface area contributed by atoms with Crippen molar-refractivity contribution >= 4 is 27.3 Å². The molecule has 7 heteroatoms. The van der Waals surface area contributed by atoms with Crippen LogP contribution in [0.3, 0.4) is 0 Å². The lowest BCUT2D eigenvalue weighted by molar-refractivity contribution is -0.128. The van der Waals surface area contributed by atoms with Crippen LogP contribution in [0.25, 0.3) is 0 Å². The van der Waals surface area contributed by atoms with Gasteiger partial charge in [0, 0.05) is 10.3 Å². The van der Waals surface area contributed by atoms with Crippen molar-refractivity contribution in [3.63, 3.8) is 0 Å². The van der Waals surface area contributed by atoms with Gasteiger partial charge in [0.2, 0.25) is 15.9 Å². The molecule has 0 fully saturated rings. The van der Waals surface area contributed by atoms with E-state index in [1.54, 1.807) is 6.07 Å². The molecule has 1 aromatic rings. The minimum absolute atomic E-state index is 0.0612. The van der Waals surface area contributed by atoms with E-state index in [1.165, 1.54) is 13.1 Å². The first-order chi connectivity index (χ1) is 8.16. The fourth-order valence-electron chi connectivity index (χ4n) is 1.13. The van der Waals surface area contributed by atoms with Crippen molar-refractivity contribution in [3.05, 3.63) is 17.0 Å². The summed E-state index contributed by atoms with van der Waals surface area (Å²) in [7, 11) is -2.02. The molecule has 0 aromatic carbocycles. The lowest BCUT2D eigenvalue weighted by Crippen LogP contribution is -2.34. The van der Waals surface area contributed by atoms with E-state index in [4.69, 9.17) is 0 Å². The summed E-state index contributed by atoms with van der Waals surface area (Å²) in [5.41, 5.74) is -0.447. The van der Waals surface area contributed by atoms with Gasteiger partial charge in [-0.3, -0.25) is 4.79 Å². The lowest BCUT2D eigenvalue weighted by Gasteiger charge is -2.17. The van der Waals surface area contributed by atoms with Gasteiger partial charge in [-0.25, -0.2) is 13.1 Å². The van der Waals surface area contributed by atoms with E-state index < -0.39 is 15.4 Å². The lowest BCUT2D eigenvalue weighted by atomic mass is 9.96. The molecule has 0 aliphatic rings. The van der Waals surface area contributed by atoms with Gasteiger partial charge in [-0.2, -0.15) is 0 Å². The summed E-state index contributed by atoms with van der Waals surface area (Å²) in [4.78, 5) is 12.5. The number of hydrogen-bond acceptors (Lipinski definition) is 4. The van der Waals surface area contributed by atoms with E-state index in [0.717, 1.165) is 16.2 Å². The fourth-order valence-corrected chi connectivity index (χ4v) is 3.26. The number of thiophene rings is 1. The first kappa shape index (κ1) is 15.1. The van der Waals surface area contributed by atoms with E-state index >= 15 is 0 Å². The largest absolute Gasteiger partial charge is 0.351 e. The SMILES string of the molecule is CNS(=O)(=O)c1ccc(CNC(=O)C(C)(C)C)s1. The molecule has 18 heavy (non-hydrogen) atoms. The molecule has 2 N–H and O–H groups in total. The summed E-state index contributed by atoms with van der Waals surface area (Å²) in [6.07, 6.45) is 0. The standard InChI is InChI=1S/C11H18N2O3S2/c1-11(2,3)10(14)13-7-8-5-6-9(17-8)18(15,16)12-4/h5-6,12H,7H2,1-4H3,(H,13,14). The Bertz CT molecular complexity index is 527. The molecule has 0 bridgehead atoms. The van der Waals surface area contributed by atoms with E-state index in [9.17, 15) is 13.2 Å². The van der Waals surface area contributed by atoms with Crippen LogP contribution in [-0.4, -0.2) is 21.4 Å². The van der Waals surface area contributed by atoms with Gasteiger partial charge in [0.15, 0.2) is 0 Å². The number of carbonyl (C=O) groups excluding carboxylic acids is 1. The minimum Gasteiger partial charge on any atom is -0.351 e. The molecule has 0 unspecified atom stereocenters. The van der Waals surface area contributed by atoms with Gasteiger partial charge in [0.25, 0.3) is 0 Å². The summed E-state index contributed by atoms with van der Waals surface area (Å²) in [5, 5.41) is 2.78. The number of sulfonamides is 1. The summed E-state index contributed by atoms with van der Waals surface area (Å²) in [6.45, 7) is 5.83. The zero-order valence-corrected chi connectivity index (χ0v) is 12.5. The molecule has 0 aliphatic heterocycles. The van der Waals surface area contributed by atoms with Crippen molar-refractivity contribution in [2.24, 2.45) is 5.41 Å². The molecule has 102 valence electrons. The van der Waals surface area contributed by atoms with Crippen molar-refractivity contribution in [3.8, 4) is 0 Å². The predicted octanol–water partition coefficient (Wildman–Crippen LogP) is 1.32. The average molecular weight is 290 g/mol. The molecular formula is C11H18N2O3S2. The Morgan fingerprint density at radius 2 is 1.94 bits per heavy atom. The molecule has 0 atom stereocenters. The molecule has 0 radical (unpaired) electrons. The second-order valence-electron chi connectivity index (χ2n) is 4.86. The number of nitrogens with one attached hydrogen (secondary N) is 2. The highest BCUT2D eigenvalue weighted by Crippen LogP contribution is 2.21. The van der Waals surface area contributed by atoms with E-state index in [1.807, 2.05) is 20.8 Å². The summed E-state index contributed by atoms with van der Waals surface area (Å²) >= 11 is 1.15. The van der Waals surface area contributed by atoms with Crippen molar-refractivity contribution in [2.45, 2.75) is 31.5 Å². The molecule has 0 saturated carbocycles. The number of hydrogen-bond donors (Lipinski definition) is 2. The van der Waals surface area contributed by atoms with Crippen molar-refractivity contribution in [1.82, 2.24) is 10.0 Å². The highest BCUT2D eigenvalue weighted by atomic mass is 32.2. The number of rotatable bonds is 4. The molecule has 5 nitrogen and oxygen atoms in total. The van der Waals surface area contributed by atoms with E-state index in [0.29, 0.717) is 6.54 Å². The van der Waals surface area contributed by atoms with Crippen LogP contribution < -0.4 is 10.0 Å². The van der Waals surface area contributed by atoms with Crippen LogP contribution in [-0.2, 0) is 21.4 Å². The molecule has 1 heterocycles. The van der Waals surface area contributed by atoms with Gasteiger partial charge < -0.3 is 5.32 Å². The summed E-state index contributed by atoms with van der Waals surface area (Å²) in [6, 6.07) is 3.24. The summed E-state index contributed by atoms with van der Waals surface area (Å²) in [5.74, 6) is -0.0612. The first-order valence-electron chi connectivity index (χ1n) is 5.47. The smallest absolute Gasteiger partial charge is 0.249 e. The molecule has 1 rings (SSSR count). The average Bonchev–Trinajstić information content (AvgIpc) is 2.73. The zero-order chi connectivity index (χ0) is 14.0. The topological polar surface area (TPSA) is 75.3 Å². The van der Waals surface area contributed by atoms with Crippen LogP contribution in [0.2, 0.25) is 0 Å². The van der Waals surface area contributed by atoms with Crippen LogP contribution >= 0.6 is 11.3 Å². The van der Waals surface area contributed by atoms with Crippen LogP contribution in [0.5, 0.6) is 0 Å². The molecule has 1 aromatic heterocycles. The van der Waals surface area contributed by atoms with E-state index in [2.05, 4.69) is 10.0 Å². The first-order valence-corrected chi connectivity index (χ1v) is 7.77. The molecule has 0 saturated heterocycles. The zero-order valence-electron chi connectivity index (χ0n) is 10.9. The Morgan fingerprint density at radius 3 is 2.44 bits per heavy atom. The van der Waals surface area contributed by atoms with Gasteiger partial charge in [-0.1, -0.05) is 20.8 Å². The third-order valence-electron chi connectivity index (χ3n) is 2.27. The predicted molar refractivity (Wildman–Crippen MR) is 71.9 cm³/mol. The Hall–Kier alpha value is -0.920. The van der Waals surface area contributed by atoms with Crippen LogP contribution in [0.4, 0.5) is 0 Å². The third kappa shape index (κ3) is 3.79. The number of amides is 1. The molecule has 0 spiro atoms. The Kier molecular flexibility index (Phi) is 4.52. The maximum Gasteiger partial charge on any atom is 0.249 e. The Balaban J connectivity index is 2.69. The van der Waals surface area contributed by atoms with Gasteiger partial charge >= 0.3 is 0 Å². The van der Waals surface area contributed by atoms with Crippen LogP contribution in [0.15, 0.2) is 16.3 Å². The van der Waals surface area contributed by atoms with Crippen LogP contribution in [0.1, 0.15) is 25.6 Å². The van der Waals surface area contributed by atoms with Crippen molar-refractivity contribution < 1.29 is 13.2 Å². The second kappa shape index (κ2) is 5.38. The highest BCUT2D eigenvalue weighted by Gasteiger charge is 2.21. The molecular weight excluding hydrogens is 272 g/mol. The summed E-state index contributed by atoms with van der Waals surface area (Å²) < 4.78 is 25.6. The maximum absolute atomic E-state index is 11.7. The Labute approximate surface area is 112 Å². The molecule has 0 aliphatic carbocycles. The van der Waals surface area contributed by atoms with Gasteiger partial charge in [-0.05, 0) is 19.2 Å².